The van der Waals surface area contributed by atoms with Crippen molar-refractivity contribution in [2.75, 3.05) is 0 Å². The van der Waals surface area contributed by atoms with Crippen LogP contribution in [0.25, 0.3) is 5.76 Å². The van der Waals surface area contributed by atoms with Crippen LogP contribution in [0.5, 0.6) is 0 Å². The molecular formula is C15H12LiNO. The van der Waals surface area contributed by atoms with Crippen LogP contribution in [0, 0.1) is 0 Å². The van der Waals surface area contributed by atoms with Gasteiger partial charge in [0.1, 0.15) is 0 Å². The van der Waals surface area contributed by atoms with Crippen LogP contribution in [-0.4, -0.2) is 6.21 Å². The van der Waals surface area contributed by atoms with Gasteiger partial charge in [0, 0.05) is 6.21 Å². The summed E-state index contributed by atoms with van der Waals surface area (Å²) >= 11 is 0. The second-order valence-corrected chi connectivity index (χ2v) is 3.51. The van der Waals surface area contributed by atoms with Gasteiger partial charge in [-0.3, -0.25) is 4.99 Å². The van der Waals surface area contributed by atoms with Gasteiger partial charge >= 0.3 is 18.9 Å². The molecule has 0 radical (unpaired) electrons. The van der Waals surface area contributed by atoms with Gasteiger partial charge in [-0.15, -0.1) is 5.76 Å². The van der Waals surface area contributed by atoms with Crippen LogP contribution >= 0.6 is 0 Å². The minimum Gasteiger partial charge on any atom is -0.872 e. The maximum Gasteiger partial charge on any atom is 1.00 e. The van der Waals surface area contributed by atoms with Crippen LogP contribution in [0.4, 0.5) is 5.69 Å². The first kappa shape index (κ1) is 14.3. The van der Waals surface area contributed by atoms with Crippen LogP contribution in [0.1, 0.15) is 5.56 Å². The van der Waals surface area contributed by atoms with Crippen molar-refractivity contribution in [3.63, 3.8) is 0 Å². The van der Waals surface area contributed by atoms with Crippen LogP contribution in [0.15, 0.2) is 71.7 Å². The molecule has 2 nitrogen and oxygen atoms in total. The maximum atomic E-state index is 11.7. The smallest absolute Gasteiger partial charge is 0.872 e. The van der Waals surface area contributed by atoms with Crippen molar-refractivity contribution >= 4 is 17.7 Å². The summed E-state index contributed by atoms with van der Waals surface area (Å²) in [6, 6.07) is 18.7. The van der Waals surface area contributed by atoms with Gasteiger partial charge in [0.15, 0.2) is 0 Å². The molecule has 0 aliphatic heterocycles. The minimum atomic E-state index is -0.0368. The molecule has 0 heterocycles. The Morgan fingerprint density at radius 1 is 0.889 bits per heavy atom. The number of para-hydroxylation sites is 1. The molecule has 0 unspecified atom stereocenters. The molecule has 3 heteroatoms. The molecular weight excluding hydrogens is 217 g/mol. The quantitative estimate of drug-likeness (QED) is 0.407. The Labute approximate surface area is 119 Å². The third-order valence-electron chi connectivity index (χ3n) is 2.26. The fraction of sp³-hybridized carbons (Fsp3) is 0. The molecule has 2 aromatic rings. The standard InChI is InChI=1S/C15H13NO.Li/c17-15(13-7-3-1-4-8-13)11-12-16-14-9-5-2-6-10-14;/h1-12,17H;/q;+1/p-1/b15-11-,16-12?;. The molecule has 0 bridgehead atoms. The average molecular weight is 229 g/mol. The molecule has 0 aliphatic rings. The van der Waals surface area contributed by atoms with Crippen LogP contribution in [0.2, 0.25) is 0 Å². The Balaban J connectivity index is 0.00000162. The monoisotopic (exact) mass is 229 g/mol. The maximum absolute atomic E-state index is 11.7. The van der Waals surface area contributed by atoms with E-state index in [1.807, 2.05) is 48.5 Å². The Bertz CT molecular complexity index is 521. The van der Waals surface area contributed by atoms with E-state index in [-0.39, 0.29) is 24.6 Å². The molecule has 18 heavy (non-hydrogen) atoms. The number of allylic oxidation sites excluding steroid dienone is 1. The largest absolute Gasteiger partial charge is 1.00 e. The predicted octanol–water partition coefficient (Wildman–Crippen LogP) is -0.206. The zero-order chi connectivity index (χ0) is 11.9. The van der Waals surface area contributed by atoms with Crippen LogP contribution in [-0.2, 0) is 0 Å². The first-order chi connectivity index (χ1) is 8.36. The van der Waals surface area contributed by atoms with E-state index in [1.165, 1.54) is 12.3 Å². The molecule has 0 aliphatic carbocycles. The normalized spacial score (nSPS) is 11.2. The molecule has 0 amide bonds. The molecule has 0 N–H and O–H groups in total. The van der Waals surface area contributed by atoms with Gasteiger partial charge in [0.05, 0.1) is 5.69 Å². The average Bonchev–Trinajstić information content (AvgIpc) is 2.41. The summed E-state index contributed by atoms with van der Waals surface area (Å²) in [4.78, 5) is 4.17. The molecule has 0 saturated carbocycles. The van der Waals surface area contributed by atoms with Crippen molar-refractivity contribution in [2.24, 2.45) is 4.99 Å². The van der Waals surface area contributed by atoms with E-state index >= 15 is 0 Å². The summed E-state index contributed by atoms with van der Waals surface area (Å²) in [7, 11) is 0. The van der Waals surface area contributed by atoms with Crippen LogP contribution < -0.4 is 24.0 Å². The summed E-state index contributed by atoms with van der Waals surface area (Å²) in [6.07, 6.45) is 3.01. The van der Waals surface area contributed by atoms with Gasteiger partial charge in [-0.05, 0) is 17.7 Å². The summed E-state index contributed by atoms with van der Waals surface area (Å²) < 4.78 is 0. The summed E-state index contributed by atoms with van der Waals surface area (Å²) in [6.45, 7) is 0. The summed E-state index contributed by atoms with van der Waals surface area (Å²) in [5, 5.41) is 11.7. The topological polar surface area (TPSA) is 35.4 Å². The van der Waals surface area contributed by atoms with Gasteiger partial charge < -0.3 is 5.11 Å². The van der Waals surface area contributed by atoms with Crippen molar-refractivity contribution in [3.05, 3.63) is 72.3 Å². The van der Waals surface area contributed by atoms with Crippen molar-refractivity contribution in [2.45, 2.75) is 0 Å². The first-order valence-electron chi connectivity index (χ1n) is 5.38. The van der Waals surface area contributed by atoms with Gasteiger partial charge in [-0.25, -0.2) is 0 Å². The number of nitrogens with zero attached hydrogens (tertiary/aromatic N) is 1. The Morgan fingerprint density at radius 2 is 1.44 bits per heavy atom. The first-order valence-corrected chi connectivity index (χ1v) is 5.38. The third kappa shape index (κ3) is 4.25. The molecule has 0 aromatic heterocycles. The third-order valence-corrected chi connectivity index (χ3v) is 2.26. The molecule has 0 atom stereocenters. The van der Waals surface area contributed by atoms with Gasteiger partial charge in [0.25, 0.3) is 0 Å². The van der Waals surface area contributed by atoms with E-state index in [0.717, 1.165) is 5.69 Å². The minimum absolute atomic E-state index is 0. The molecule has 2 rings (SSSR count). The van der Waals surface area contributed by atoms with Gasteiger partial charge in [-0.1, -0.05) is 54.6 Å². The number of aliphatic imine (C=N–C) groups is 1. The Morgan fingerprint density at radius 3 is 2.06 bits per heavy atom. The van der Waals surface area contributed by atoms with Crippen molar-refractivity contribution in [1.82, 2.24) is 0 Å². The fourth-order valence-corrected chi connectivity index (χ4v) is 1.40. The number of hydrogen-bond acceptors (Lipinski definition) is 2. The fourth-order valence-electron chi connectivity index (χ4n) is 1.40. The van der Waals surface area contributed by atoms with Crippen LogP contribution in [0.3, 0.4) is 0 Å². The molecule has 0 fully saturated rings. The predicted molar refractivity (Wildman–Crippen MR) is 69.0 cm³/mol. The zero-order valence-corrected chi connectivity index (χ0v) is 10.3. The molecule has 0 saturated heterocycles. The number of benzene rings is 2. The van der Waals surface area contributed by atoms with Crippen molar-refractivity contribution < 1.29 is 24.0 Å². The van der Waals surface area contributed by atoms with E-state index in [1.54, 1.807) is 12.1 Å². The van der Waals surface area contributed by atoms with Crippen molar-refractivity contribution in [1.29, 1.82) is 0 Å². The van der Waals surface area contributed by atoms with Gasteiger partial charge in [0.2, 0.25) is 0 Å². The van der Waals surface area contributed by atoms with E-state index in [4.69, 9.17) is 0 Å². The van der Waals surface area contributed by atoms with Crippen molar-refractivity contribution in [3.8, 4) is 0 Å². The number of rotatable bonds is 3. The summed E-state index contributed by atoms with van der Waals surface area (Å²) in [5.41, 5.74) is 1.51. The van der Waals surface area contributed by atoms with E-state index in [9.17, 15) is 5.11 Å². The SMILES string of the molecule is [Li+].[O-]/C(=C\C=Nc1ccccc1)c1ccccc1. The van der Waals surface area contributed by atoms with E-state index in [2.05, 4.69) is 4.99 Å². The number of hydrogen-bond donors (Lipinski definition) is 0. The molecule has 84 valence electrons. The summed E-state index contributed by atoms with van der Waals surface area (Å²) in [5.74, 6) is -0.0368. The molecule has 2 aromatic carbocycles. The Hall–Kier alpha value is -1.75. The van der Waals surface area contributed by atoms with Gasteiger partial charge in [-0.2, -0.15) is 0 Å². The Kier molecular flexibility index (Phi) is 6.00. The zero-order valence-electron chi connectivity index (χ0n) is 10.3. The second kappa shape index (κ2) is 7.55. The second-order valence-electron chi connectivity index (χ2n) is 3.51. The molecule has 0 spiro atoms. The van der Waals surface area contributed by atoms with E-state index < -0.39 is 0 Å². The van der Waals surface area contributed by atoms with E-state index in [0.29, 0.717) is 5.56 Å².